The van der Waals surface area contributed by atoms with Gasteiger partial charge < -0.3 is 11.1 Å². The Morgan fingerprint density at radius 2 is 2.06 bits per heavy atom. The molecule has 0 spiro atoms. The molecule has 92 valence electrons. The van der Waals surface area contributed by atoms with Crippen molar-refractivity contribution in [2.75, 3.05) is 13.1 Å². The summed E-state index contributed by atoms with van der Waals surface area (Å²) in [4.78, 5) is 14.1. The number of rotatable bonds is 5. The number of carbonyl (C=O) groups is 1. The minimum absolute atomic E-state index is 0. The number of carbonyl (C=O) groups excluding carboxylic acids is 1. The van der Waals surface area contributed by atoms with Gasteiger partial charge in [0.05, 0.1) is 6.54 Å². The normalized spacial score (nSPS) is 8.76. The second-order valence-electron chi connectivity index (χ2n) is 3.13. The van der Waals surface area contributed by atoms with Crippen LogP contribution in [0.3, 0.4) is 0 Å². The third kappa shape index (κ3) is 5.21. The number of nitrogens with two attached hydrogens (primary N) is 1. The van der Waals surface area contributed by atoms with E-state index < -0.39 is 0 Å². The Hall–Kier alpha value is -1.75. The number of benzene rings is 1. The molecule has 0 aliphatic rings. The van der Waals surface area contributed by atoms with Crippen LogP contribution in [0.4, 0.5) is 0 Å². The summed E-state index contributed by atoms with van der Waals surface area (Å²) in [5, 5.41) is 6.09. The molecule has 0 aromatic heterocycles. The maximum Gasteiger partial charge on any atom is 0.251 e. The van der Waals surface area contributed by atoms with E-state index in [1.165, 1.54) is 0 Å². The van der Waals surface area contributed by atoms with Gasteiger partial charge in [0.2, 0.25) is 0 Å². The Morgan fingerprint density at radius 1 is 1.41 bits per heavy atom. The molecule has 0 aliphatic heterocycles. The van der Waals surface area contributed by atoms with Gasteiger partial charge in [-0.25, -0.2) is 0 Å². The van der Waals surface area contributed by atoms with E-state index in [2.05, 4.69) is 15.3 Å². The summed E-state index contributed by atoms with van der Waals surface area (Å²) in [7, 11) is 0. The number of halogens is 1. The van der Waals surface area contributed by atoms with Gasteiger partial charge in [-0.2, -0.15) is 0 Å². The van der Waals surface area contributed by atoms with Crippen LogP contribution >= 0.6 is 12.4 Å². The first-order valence-corrected chi connectivity index (χ1v) is 4.86. The van der Waals surface area contributed by atoms with E-state index in [0.717, 1.165) is 5.56 Å². The van der Waals surface area contributed by atoms with E-state index in [0.29, 0.717) is 25.2 Å². The minimum atomic E-state index is -0.152. The fourth-order valence-electron chi connectivity index (χ4n) is 1.16. The van der Waals surface area contributed by atoms with Gasteiger partial charge in [-0.05, 0) is 23.2 Å². The molecule has 0 saturated carbocycles. The molecule has 7 heteroatoms. The van der Waals surface area contributed by atoms with Crippen LogP contribution in [0.1, 0.15) is 15.9 Å². The number of nitrogens with zero attached hydrogens (tertiary/aromatic N) is 3. The number of azide groups is 1. The van der Waals surface area contributed by atoms with Crippen LogP contribution in [0, 0.1) is 0 Å². The number of hydrogen-bond donors (Lipinski definition) is 2. The zero-order chi connectivity index (χ0) is 11.8. The SMILES string of the molecule is Cl.[N-]=[N+]=NCc1ccc(C(=O)NCCN)cc1. The van der Waals surface area contributed by atoms with Crippen molar-refractivity contribution in [3.8, 4) is 0 Å². The molecule has 0 bridgehead atoms. The summed E-state index contributed by atoms with van der Waals surface area (Å²) < 4.78 is 0. The lowest BCUT2D eigenvalue weighted by molar-refractivity contribution is 0.0955. The second-order valence-corrected chi connectivity index (χ2v) is 3.13. The van der Waals surface area contributed by atoms with Gasteiger partial charge in [-0.3, -0.25) is 4.79 Å². The van der Waals surface area contributed by atoms with Gasteiger partial charge in [-0.1, -0.05) is 17.2 Å². The van der Waals surface area contributed by atoms with Crippen LogP contribution < -0.4 is 11.1 Å². The molecular weight excluding hydrogens is 242 g/mol. The lowest BCUT2D eigenvalue weighted by atomic mass is 10.1. The van der Waals surface area contributed by atoms with Crippen molar-refractivity contribution in [1.29, 1.82) is 0 Å². The average molecular weight is 256 g/mol. The van der Waals surface area contributed by atoms with Crippen LogP contribution in [0.2, 0.25) is 0 Å². The molecule has 0 saturated heterocycles. The first kappa shape index (κ1) is 15.2. The summed E-state index contributed by atoms with van der Waals surface area (Å²) in [6.07, 6.45) is 0. The lowest BCUT2D eigenvalue weighted by Gasteiger charge is -2.03. The molecule has 1 aromatic rings. The summed E-state index contributed by atoms with van der Waals surface area (Å²) in [5.74, 6) is -0.152. The zero-order valence-electron chi connectivity index (χ0n) is 9.17. The molecule has 1 aromatic carbocycles. The second kappa shape index (κ2) is 8.41. The first-order chi connectivity index (χ1) is 7.77. The summed E-state index contributed by atoms with van der Waals surface area (Å²) in [6, 6.07) is 6.89. The van der Waals surface area contributed by atoms with Crippen molar-refractivity contribution in [3.63, 3.8) is 0 Å². The molecule has 3 N–H and O–H groups in total. The molecule has 0 fully saturated rings. The van der Waals surface area contributed by atoms with Gasteiger partial charge in [0, 0.05) is 23.6 Å². The Kier molecular flexibility index (Phi) is 7.54. The fourth-order valence-corrected chi connectivity index (χ4v) is 1.16. The molecule has 0 atom stereocenters. The minimum Gasteiger partial charge on any atom is -0.351 e. The van der Waals surface area contributed by atoms with Gasteiger partial charge in [-0.15, -0.1) is 12.4 Å². The monoisotopic (exact) mass is 255 g/mol. The van der Waals surface area contributed by atoms with Gasteiger partial charge in [0.1, 0.15) is 0 Å². The van der Waals surface area contributed by atoms with E-state index in [1.54, 1.807) is 24.3 Å². The van der Waals surface area contributed by atoms with Crippen LogP contribution in [0.25, 0.3) is 10.4 Å². The molecule has 1 amide bonds. The third-order valence-electron chi connectivity index (χ3n) is 1.96. The van der Waals surface area contributed by atoms with Gasteiger partial charge in [0.15, 0.2) is 0 Å². The van der Waals surface area contributed by atoms with Crippen molar-refractivity contribution >= 4 is 18.3 Å². The summed E-state index contributed by atoms with van der Waals surface area (Å²) >= 11 is 0. The lowest BCUT2D eigenvalue weighted by Crippen LogP contribution is -2.28. The quantitative estimate of drug-likeness (QED) is 0.474. The van der Waals surface area contributed by atoms with E-state index in [1.807, 2.05) is 0 Å². The van der Waals surface area contributed by atoms with Crippen molar-refractivity contribution in [2.24, 2.45) is 10.8 Å². The number of hydrogen-bond acceptors (Lipinski definition) is 3. The highest BCUT2D eigenvalue weighted by molar-refractivity contribution is 5.94. The molecule has 0 radical (unpaired) electrons. The Morgan fingerprint density at radius 3 is 2.59 bits per heavy atom. The molecule has 0 unspecified atom stereocenters. The standard InChI is InChI=1S/C10H13N5O.ClH/c11-5-6-13-10(16)9-3-1-8(2-4-9)7-14-15-12;/h1-4H,5-7,11H2,(H,13,16);1H. The van der Waals surface area contributed by atoms with Crippen molar-refractivity contribution < 1.29 is 4.79 Å². The average Bonchev–Trinajstić information content (AvgIpc) is 2.34. The van der Waals surface area contributed by atoms with Gasteiger partial charge in [0.25, 0.3) is 5.91 Å². The van der Waals surface area contributed by atoms with E-state index in [4.69, 9.17) is 11.3 Å². The van der Waals surface area contributed by atoms with Gasteiger partial charge >= 0.3 is 0 Å². The zero-order valence-corrected chi connectivity index (χ0v) is 9.98. The van der Waals surface area contributed by atoms with Crippen LogP contribution in [-0.4, -0.2) is 19.0 Å². The molecular formula is C10H14ClN5O. The molecule has 1 rings (SSSR count). The highest BCUT2D eigenvalue weighted by Crippen LogP contribution is 2.05. The van der Waals surface area contributed by atoms with E-state index >= 15 is 0 Å². The molecule has 0 aliphatic carbocycles. The maximum atomic E-state index is 11.5. The van der Waals surface area contributed by atoms with Crippen LogP contribution in [0.5, 0.6) is 0 Å². The first-order valence-electron chi connectivity index (χ1n) is 4.86. The Bertz CT molecular complexity index is 400. The molecule has 17 heavy (non-hydrogen) atoms. The Balaban J connectivity index is 0.00000256. The van der Waals surface area contributed by atoms with Crippen LogP contribution in [0.15, 0.2) is 29.4 Å². The smallest absolute Gasteiger partial charge is 0.251 e. The van der Waals surface area contributed by atoms with E-state index in [9.17, 15) is 4.79 Å². The molecule has 0 heterocycles. The fraction of sp³-hybridized carbons (Fsp3) is 0.300. The summed E-state index contributed by atoms with van der Waals surface area (Å²) in [6.45, 7) is 1.17. The highest BCUT2D eigenvalue weighted by atomic mass is 35.5. The predicted octanol–water partition coefficient (Wildman–Crippen LogP) is 1.61. The van der Waals surface area contributed by atoms with Crippen molar-refractivity contribution in [3.05, 3.63) is 45.8 Å². The topological polar surface area (TPSA) is 104 Å². The maximum absolute atomic E-state index is 11.5. The highest BCUT2D eigenvalue weighted by Gasteiger charge is 2.03. The van der Waals surface area contributed by atoms with Crippen molar-refractivity contribution in [1.82, 2.24) is 5.32 Å². The summed E-state index contributed by atoms with van der Waals surface area (Å²) in [5.41, 5.74) is 14.9. The predicted molar refractivity (Wildman–Crippen MR) is 67.9 cm³/mol. The number of amides is 1. The van der Waals surface area contributed by atoms with Crippen molar-refractivity contribution in [2.45, 2.75) is 6.54 Å². The Labute approximate surface area is 105 Å². The third-order valence-corrected chi connectivity index (χ3v) is 1.96. The van der Waals surface area contributed by atoms with Crippen LogP contribution in [-0.2, 0) is 6.54 Å². The molecule has 6 nitrogen and oxygen atoms in total. The van der Waals surface area contributed by atoms with E-state index in [-0.39, 0.29) is 18.3 Å². The largest absolute Gasteiger partial charge is 0.351 e. The number of nitrogens with one attached hydrogen (secondary N) is 1.